The molecule has 2 heterocycles. The second kappa shape index (κ2) is 17.5. The first-order valence-corrected chi connectivity index (χ1v) is 27.3. The van der Waals surface area contributed by atoms with E-state index >= 15 is 0 Å². The Morgan fingerprint density at radius 1 is 0.216 bits per heavy atom. The van der Waals surface area contributed by atoms with Crippen LogP contribution < -0.4 is 10.4 Å². The van der Waals surface area contributed by atoms with Crippen molar-refractivity contribution in [3.05, 3.63) is 253 Å². The fraction of sp³-hybridized carbons (Fsp3) is 0.0278. The average molecular weight is 975 g/mol. The molecule has 0 nitrogen and oxygen atoms in total. The molecule has 0 aliphatic heterocycles. The second-order valence-corrected chi connectivity index (χ2v) is 21.9. The molecule has 0 N–H and O–H groups in total. The summed E-state index contributed by atoms with van der Waals surface area (Å²) in [5.74, 6) is 0. The van der Waals surface area contributed by atoms with E-state index in [-0.39, 0.29) is 0 Å². The molecule has 0 unspecified atom stereocenters. The van der Waals surface area contributed by atoms with E-state index in [1.807, 2.05) is 22.7 Å². The Kier molecular flexibility index (Phi) is 10.2. The molecule has 0 amide bonds. The summed E-state index contributed by atoms with van der Waals surface area (Å²) in [7, 11) is 0. The maximum absolute atomic E-state index is 2.48. The molecule has 14 aromatic rings. The van der Waals surface area contributed by atoms with Gasteiger partial charge in [0.2, 0.25) is 0 Å². The zero-order valence-corrected chi connectivity index (χ0v) is 42.1. The van der Waals surface area contributed by atoms with Crippen LogP contribution in [0, 0.1) is 0 Å². The highest BCUT2D eigenvalue weighted by atomic mass is 32.1. The Bertz CT molecular complexity index is 4720. The number of fused-ring (bicyclic) bond motifs is 7. The fourth-order valence-corrected chi connectivity index (χ4v) is 14.1. The van der Waals surface area contributed by atoms with Crippen LogP contribution in [0.2, 0.25) is 0 Å². The monoisotopic (exact) mass is 974 g/mol. The van der Waals surface area contributed by atoms with E-state index in [0.29, 0.717) is 0 Å². The molecule has 0 saturated heterocycles. The van der Waals surface area contributed by atoms with Crippen molar-refractivity contribution < 1.29 is 0 Å². The number of thiophene rings is 2. The molecule has 0 bridgehead atoms. The number of hydrogen-bond acceptors (Lipinski definition) is 2. The molecule has 0 spiro atoms. The highest BCUT2D eigenvalue weighted by Gasteiger charge is 2.20. The third-order valence-electron chi connectivity index (χ3n) is 15.5. The largest absolute Gasteiger partial charge is 0.134 e. The lowest BCUT2D eigenvalue weighted by Gasteiger charge is -2.19. The van der Waals surface area contributed by atoms with E-state index in [9.17, 15) is 0 Å². The molecular weight excluding hydrogens is 929 g/mol. The van der Waals surface area contributed by atoms with Gasteiger partial charge in [0.25, 0.3) is 0 Å². The minimum atomic E-state index is 1.05. The van der Waals surface area contributed by atoms with Gasteiger partial charge in [0.1, 0.15) is 0 Å². The van der Waals surface area contributed by atoms with Gasteiger partial charge in [-0.15, -0.1) is 22.7 Å². The number of rotatable bonds is 7. The van der Waals surface area contributed by atoms with Crippen molar-refractivity contribution in [2.45, 2.75) is 12.8 Å². The summed E-state index contributed by atoms with van der Waals surface area (Å²) in [6, 6.07) is 90.8. The van der Waals surface area contributed by atoms with Crippen LogP contribution in [-0.2, 0) is 0 Å². The first-order valence-electron chi connectivity index (χ1n) is 25.7. The highest BCUT2D eigenvalue weighted by Crippen LogP contribution is 2.47. The molecule has 12 aromatic carbocycles. The van der Waals surface area contributed by atoms with E-state index in [2.05, 4.69) is 255 Å². The Morgan fingerprint density at radius 3 is 1.05 bits per heavy atom. The number of hydrogen-bond donors (Lipinski definition) is 0. The molecule has 0 radical (unpaired) electrons. The Labute approximate surface area is 437 Å². The van der Waals surface area contributed by atoms with Gasteiger partial charge in [0.15, 0.2) is 0 Å². The summed E-state index contributed by atoms with van der Waals surface area (Å²) < 4.78 is 0. The van der Waals surface area contributed by atoms with Crippen LogP contribution in [0.15, 0.2) is 243 Å². The summed E-state index contributed by atoms with van der Waals surface area (Å²) in [5.41, 5.74) is 12.7. The zero-order valence-electron chi connectivity index (χ0n) is 40.5. The lowest BCUT2D eigenvalue weighted by atomic mass is 9.84. The van der Waals surface area contributed by atoms with E-state index in [0.717, 1.165) is 12.8 Å². The van der Waals surface area contributed by atoms with Crippen LogP contribution >= 0.6 is 22.7 Å². The van der Waals surface area contributed by atoms with Crippen LogP contribution in [0.3, 0.4) is 0 Å². The number of benzene rings is 12. The van der Waals surface area contributed by atoms with Gasteiger partial charge in [0.05, 0.1) is 0 Å². The third kappa shape index (κ3) is 7.17. The molecule has 346 valence electrons. The van der Waals surface area contributed by atoms with Gasteiger partial charge in [-0.1, -0.05) is 206 Å². The van der Waals surface area contributed by atoms with Gasteiger partial charge in [-0.2, -0.15) is 0 Å². The van der Waals surface area contributed by atoms with Crippen LogP contribution in [0.25, 0.3) is 152 Å². The molecule has 2 aromatic heterocycles. The standard InChI is InChI=1S/C72H46S2/c1-4-16-50-41-54(32-25-45(50)13-1)70-59-21-9-7-19-57(59)69(58-20-8-10-22-60(58)70)49-30-28-48(29-31-49)65-37-39-67(73-65)68-40-38-66(74-68)53-35-36-63-64(44-53)72(56-34-27-47-15-3-6-18-52(47)43-56)62-24-12-11-23-61(62)71(63)55-33-26-46-14-2-5-17-51(46)42-55/h1-7,9,11-44H,8,10H2. The maximum atomic E-state index is 2.48. The van der Waals surface area contributed by atoms with Crippen molar-refractivity contribution in [2.24, 2.45) is 0 Å². The Morgan fingerprint density at radius 2 is 0.554 bits per heavy atom. The van der Waals surface area contributed by atoms with Gasteiger partial charge < -0.3 is 0 Å². The molecule has 0 fully saturated rings. The van der Waals surface area contributed by atoms with Crippen LogP contribution in [0.1, 0.15) is 12.8 Å². The molecule has 2 heteroatoms. The minimum absolute atomic E-state index is 1.05. The molecule has 15 rings (SSSR count). The predicted molar refractivity (Wildman–Crippen MR) is 323 cm³/mol. The fourth-order valence-electron chi connectivity index (χ4n) is 12.0. The topological polar surface area (TPSA) is 0 Å². The molecule has 0 saturated carbocycles. The summed E-state index contributed by atoms with van der Waals surface area (Å²) in [6.07, 6.45) is 7.05. The molecule has 1 aliphatic carbocycles. The average Bonchev–Trinajstić information content (AvgIpc) is 4.18. The van der Waals surface area contributed by atoms with E-state index < -0.39 is 0 Å². The molecule has 1 aliphatic rings. The quantitative estimate of drug-likeness (QED) is 0.140. The normalized spacial score (nSPS) is 12.4. The van der Waals surface area contributed by atoms with Crippen molar-refractivity contribution in [1.82, 2.24) is 0 Å². The van der Waals surface area contributed by atoms with Gasteiger partial charge in [-0.25, -0.2) is 0 Å². The lowest BCUT2D eigenvalue weighted by Crippen LogP contribution is -2.31. The van der Waals surface area contributed by atoms with Gasteiger partial charge >= 0.3 is 0 Å². The third-order valence-corrected chi connectivity index (χ3v) is 18.0. The first-order chi connectivity index (χ1) is 36.7. The van der Waals surface area contributed by atoms with Crippen molar-refractivity contribution >= 4 is 99.5 Å². The summed E-state index contributed by atoms with van der Waals surface area (Å²) >= 11 is 3.76. The highest BCUT2D eigenvalue weighted by molar-refractivity contribution is 7.25. The SMILES string of the molecule is C1=c2c(-c3ccc(-c4ccc(-c5ccc(-c6ccc7c(-c8ccc9ccccc9c8)c8ccccc8c(-c8ccc9ccccc9c8)c7c6)s5)s4)cc3)c3ccccc3c(-c3ccc4ccccc4c3)c2=CCC1. The van der Waals surface area contributed by atoms with E-state index in [4.69, 9.17) is 0 Å². The zero-order chi connectivity index (χ0) is 48.7. The van der Waals surface area contributed by atoms with Crippen LogP contribution in [0.5, 0.6) is 0 Å². The Hall–Kier alpha value is -8.66. The van der Waals surface area contributed by atoms with Crippen LogP contribution in [0.4, 0.5) is 0 Å². The van der Waals surface area contributed by atoms with Crippen molar-refractivity contribution in [3.63, 3.8) is 0 Å². The predicted octanol–water partition coefficient (Wildman–Crippen LogP) is 19.8. The maximum Gasteiger partial charge on any atom is 0.0449 e. The molecule has 74 heavy (non-hydrogen) atoms. The van der Waals surface area contributed by atoms with E-state index in [1.165, 1.54) is 150 Å². The minimum Gasteiger partial charge on any atom is -0.134 e. The van der Waals surface area contributed by atoms with Crippen molar-refractivity contribution in [1.29, 1.82) is 0 Å². The Balaban J connectivity index is 0.799. The lowest BCUT2D eigenvalue weighted by molar-refractivity contribution is 1.12. The van der Waals surface area contributed by atoms with Crippen molar-refractivity contribution in [2.75, 3.05) is 0 Å². The van der Waals surface area contributed by atoms with Crippen molar-refractivity contribution in [3.8, 4) is 75.1 Å². The van der Waals surface area contributed by atoms with Gasteiger partial charge in [-0.3, -0.25) is 0 Å². The summed E-state index contributed by atoms with van der Waals surface area (Å²) in [4.78, 5) is 5.12. The van der Waals surface area contributed by atoms with Gasteiger partial charge in [-0.05, 0) is 192 Å². The smallest absolute Gasteiger partial charge is 0.0449 e. The first kappa shape index (κ1) is 43.0. The summed E-state index contributed by atoms with van der Waals surface area (Å²) in [6.45, 7) is 0. The van der Waals surface area contributed by atoms with Gasteiger partial charge in [0, 0.05) is 19.5 Å². The van der Waals surface area contributed by atoms with Crippen LogP contribution in [-0.4, -0.2) is 0 Å². The molecular formula is C72H46S2. The summed E-state index contributed by atoms with van der Waals surface area (Å²) in [5, 5.41) is 17.9. The second-order valence-electron chi connectivity index (χ2n) is 19.8. The van der Waals surface area contributed by atoms with E-state index in [1.54, 1.807) is 0 Å². The molecule has 0 atom stereocenters.